The maximum Gasteiger partial charge on any atom is 0.256 e. The highest BCUT2D eigenvalue weighted by Crippen LogP contribution is 2.22. The number of halogens is 2. The van der Waals surface area contributed by atoms with Crippen LogP contribution >= 0.6 is 0 Å². The number of rotatable bonds is 4. The van der Waals surface area contributed by atoms with Gasteiger partial charge in [0.1, 0.15) is 11.6 Å². The number of piperidine rings is 1. The monoisotopic (exact) mass is 296 g/mol. The lowest BCUT2D eigenvalue weighted by Crippen LogP contribution is -2.51. The van der Waals surface area contributed by atoms with Crippen LogP contribution in [0.1, 0.15) is 37.0 Å². The van der Waals surface area contributed by atoms with Gasteiger partial charge in [0.05, 0.1) is 5.56 Å². The van der Waals surface area contributed by atoms with Crippen molar-refractivity contribution in [3.05, 3.63) is 35.4 Å². The first kappa shape index (κ1) is 15.9. The minimum absolute atomic E-state index is 0.0480. The van der Waals surface area contributed by atoms with Crippen molar-refractivity contribution in [3.8, 4) is 0 Å². The molecule has 1 fully saturated rings. The topological polar surface area (TPSA) is 32.3 Å². The molecule has 1 N–H and O–H groups in total. The van der Waals surface area contributed by atoms with Gasteiger partial charge in [-0.25, -0.2) is 8.78 Å². The predicted octanol–water partition coefficient (Wildman–Crippen LogP) is 2.82. The van der Waals surface area contributed by atoms with Gasteiger partial charge in [0.15, 0.2) is 0 Å². The highest BCUT2D eigenvalue weighted by Gasteiger charge is 2.31. The molecule has 2 atom stereocenters. The Morgan fingerprint density at radius 1 is 1.38 bits per heavy atom. The van der Waals surface area contributed by atoms with E-state index in [1.807, 2.05) is 0 Å². The molecule has 0 aromatic heterocycles. The number of nitrogens with zero attached hydrogens (tertiary/aromatic N) is 1. The summed E-state index contributed by atoms with van der Waals surface area (Å²) in [4.78, 5) is 14.1. The highest BCUT2D eigenvalue weighted by molar-refractivity contribution is 5.94. The fourth-order valence-electron chi connectivity index (χ4n) is 2.99. The van der Waals surface area contributed by atoms with Gasteiger partial charge in [0, 0.05) is 25.2 Å². The zero-order valence-corrected chi connectivity index (χ0v) is 12.5. The van der Waals surface area contributed by atoms with E-state index in [-0.39, 0.29) is 11.5 Å². The van der Waals surface area contributed by atoms with Crippen LogP contribution in [0.3, 0.4) is 0 Å². The third-order valence-corrected chi connectivity index (χ3v) is 4.17. The van der Waals surface area contributed by atoms with Crippen molar-refractivity contribution in [2.24, 2.45) is 5.92 Å². The lowest BCUT2D eigenvalue weighted by molar-refractivity contribution is 0.0623. The second-order valence-corrected chi connectivity index (χ2v) is 5.50. The summed E-state index contributed by atoms with van der Waals surface area (Å²) in [5.41, 5.74) is -0.0480. The van der Waals surface area contributed by atoms with Crippen LogP contribution in [-0.2, 0) is 0 Å². The van der Waals surface area contributed by atoms with Gasteiger partial charge >= 0.3 is 0 Å². The van der Waals surface area contributed by atoms with Gasteiger partial charge in [-0.2, -0.15) is 0 Å². The van der Waals surface area contributed by atoms with Crippen molar-refractivity contribution in [2.75, 3.05) is 19.6 Å². The van der Waals surface area contributed by atoms with Crippen molar-refractivity contribution < 1.29 is 13.6 Å². The zero-order chi connectivity index (χ0) is 15.4. The molecular formula is C16H22F2N2O. The standard InChI is InChI=1S/C16H22F2N2O/c1-3-11-10-20(8-7-15(11)19-4-2)16(21)13-6-5-12(17)9-14(13)18/h5-6,9,11,15,19H,3-4,7-8,10H2,1-2H3. The van der Waals surface area contributed by atoms with Gasteiger partial charge in [-0.3, -0.25) is 4.79 Å². The van der Waals surface area contributed by atoms with E-state index in [4.69, 9.17) is 0 Å². The van der Waals surface area contributed by atoms with E-state index in [0.717, 1.165) is 31.5 Å². The zero-order valence-electron chi connectivity index (χ0n) is 12.5. The number of likely N-dealkylation sites (tertiary alicyclic amines) is 1. The maximum absolute atomic E-state index is 13.7. The Morgan fingerprint density at radius 2 is 2.14 bits per heavy atom. The Hall–Kier alpha value is -1.49. The number of hydrogen-bond donors (Lipinski definition) is 1. The molecule has 1 heterocycles. The molecule has 3 nitrogen and oxygen atoms in total. The average molecular weight is 296 g/mol. The smallest absolute Gasteiger partial charge is 0.256 e. The molecular weight excluding hydrogens is 274 g/mol. The Bertz CT molecular complexity index is 507. The second-order valence-electron chi connectivity index (χ2n) is 5.50. The fourth-order valence-corrected chi connectivity index (χ4v) is 2.99. The maximum atomic E-state index is 13.7. The molecule has 2 unspecified atom stereocenters. The summed E-state index contributed by atoms with van der Waals surface area (Å²) in [5.74, 6) is -1.43. The SMILES string of the molecule is CCNC1CCN(C(=O)c2ccc(F)cc2F)CC1CC. The van der Waals surface area contributed by atoms with Crippen molar-refractivity contribution in [1.82, 2.24) is 10.2 Å². The van der Waals surface area contributed by atoms with Crippen LogP contribution in [-0.4, -0.2) is 36.5 Å². The van der Waals surface area contributed by atoms with Gasteiger partial charge in [0.25, 0.3) is 5.91 Å². The van der Waals surface area contributed by atoms with Crippen LogP contribution in [0.25, 0.3) is 0 Å². The molecule has 1 saturated heterocycles. The number of carbonyl (C=O) groups excluding carboxylic acids is 1. The Kier molecular flexibility index (Phi) is 5.28. The molecule has 1 aromatic carbocycles. The summed E-state index contributed by atoms with van der Waals surface area (Å²) < 4.78 is 26.7. The van der Waals surface area contributed by atoms with Gasteiger partial charge in [-0.05, 0) is 31.0 Å². The Balaban J connectivity index is 2.10. The molecule has 2 rings (SSSR count). The van der Waals surface area contributed by atoms with Crippen LogP contribution in [0.5, 0.6) is 0 Å². The first-order valence-corrected chi connectivity index (χ1v) is 7.54. The minimum Gasteiger partial charge on any atom is -0.338 e. The molecule has 1 aromatic rings. The van der Waals surface area contributed by atoms with E-state index in [9.17, 15) is 13.6 Å². The largest absolute Gasteiger partial charge is 0.338 e. The lowest BCUT2D eigenvalue weighted by atomic mass is 9.89. The third-order valence-electron chi connectivity index (χ3n) is 4.17. The van der Waals surface area contributed by atoms with Gasteiger partial charge in [-0.15, -0.1) is 0 Å². The summed E-state index contributed by atoms with van der Waals surface area (Å²) in [6.07, 6.45) is 1.83. The number of benzene rings is 1. The van der Waals surface area contributed by atoms with Crippen molar-refractivity contribution in [1.29, 1.82) is 0 Å². The Labute approximate surface area is 124 Å². The van der Waals surface area contributed by atoms with E-state index >= 15 is 0 Å². The highest BCUT2D eigenvalue weighted by atomic mass is 19.1. The quantitative estimate of drug-likeness (QED) is 0.926. The number of nitrogens with one attached hydrogen (secondary N) is 1. The summed E-state index contributed by atoms with van der Waals surface area (Å²) >= 11 is 0. The van der Waals surface area contributed by atoms with Crippen LogP contribution in [0, 0.1) is 17.6 Å². The Morgan fingerprint density at radius 3 is 2.76 bits per heavy atom. The minimum atomic E-state index is -0.790. The predicted molar refractivity (Wildman–Crippen MR) is 78.1 cm³/mol. The van der Waals surface area contributed by atoms with Gasteiger partial charge in [-0.1, -0.05) is 20.3 Å². The number of carbonyl (C=O) groups is 1. The second kappa shape index (κ2) is 6.98. The fraction of sp³-hybridized carbons (Fsp3) is 0.562. The van der Waals surface area contributed by atoms with Crippen LogP contribution in [0.2, 0.25) is 0 Å². The molecule has 21 heavy (non-hydrogen) atoms. The van der Waals surface area contributed by atoms with E-state index in [1.165, 1.54) is 6.07 Å². The molecule has 1 aliphatic rings. The lowest BCUT2D eigenvalue weighted by Gasteiger charge is -2.38. The van der Waals surface area contributed by atoms with E-state index in [2.05, 4.69) is 19.2 Å². The van der Waals surface area contributed by atoms with Crippen LogP contribution in [0.15, 0.2) is 18.2 Å². The van der Waals surface area contributed by atoms with Crippen LogP contribution < -0.4 is 5.32 Å². The summed E-state index contributed by atoms with van der Waals surface area (Å²) in [6, 6.07) is 3.52. The normalized spacial score (nSPS) is 22.4. The first-order chi connectivity index (χ1) is 10.1. The van der Waals surface area contributed by atoms with Crippen molar-refractivity contribution in [2.45, 2.75) is 32.7 Å². The number of amides is 1. The van der Waals surface area contributed by atoms with Crippen molar-refractivity contribution in [3.63, 3.8) is 0 Å². The molecule has 1 amide bonds. The van der Waals surface area contributed by atoms with Crippen LogP contribution in [0.4, 0.5) is 8.78 Å². The van der Waals surface area contributed by atoms with Gasteiger partial charge < -0.3 is 10.2 Å². The van der Waals surface area contributed by atoms with E-state index < -0.39 is 11.6 Å². The van der Waals surface area contributed by atoms with E-state index in [1.54, 1.807) is 4.90 Å². The molecule has 0 radical (unpaired) electrons. The molecule has 1 aliphatic heterocycles. The molecule has 5 heteroatoms. The van der Waals surface area contributed by atoms with Crippen molar-refractivity contribution >= 4 is 5.91 Å². The van der Waals surface area contributed by atoms with Gasteiger partial charge in [0.2, 0.25) is 0 Å². The molecule has 0 saturated carbocycles. The third kappa shape index (κ3) is 3.59. The molecule has 116 valence electrons. The summed E-state index contributed by atoms with van der Waals surface area (Å²) in [5, 5.41) is 3.44. The first-order valence-electron chi connectivity index (χ1n) is 7.54. The molecule has 0 spiro atoms. The van der Waals surface area contributed by atoms with E-state index in [0.29, 0.717) is 25.0 Å². The molecule has 0 aliphatic carbocycles. The summed E-state index contributed by atoms with van der Waals surface area (Å²) in [6.45, 7) is 6.29. The average Bonchev–Trinajstić information content (AvgIpc) is 2.47. The number of hydrogen-bond acceptors (Lipinski definition) is 2. The molecule has 0 bridgehead atoms. The summed E-state index contributed by atoms with van der Waals surface area (Å²) in [7, 11) is 0.